The second-order valence-corrected chi connectivity index (χ2v) is 8.56. The number of carbonyl (C=O) groups excluding carboxylic acids is 3. The molecule has 0 aromatic rings. The van der Waals surface area contributed by atoms with Crippen LogP contribution < -0.4 is 5.32 Å². The molecule has 2 saturated heterocycles. The van der Waals surface area contributed by atoms with Crippen LogP contribution in [0.3, 0.4) is 0 Å². The van der Waals surface area contributed by atoms with E-state index >= 15 is 0 Å². The average Bonchev–Trinajstić information content (AvgIpc) is 2.86. The fraction of sp³-hybridized carbons (Fsp3) is 0.733. The number of carbonyl (C=O) groups is 3. The van der Waals surface area contributed by atoms with Crippen LogP contribution in [0.2, 0.25) is 0 Å². The summed E-state index contributed by atoms with van der Waals surface area (Å²) in [7, 11) is 0. The molecule has 25 heavy (non-hydrogen) atoms. The Labute approximate surface area is 154 Å². The highest BCUT2D eigenvalue weighted by molar-refractivity contribution is 8.26. The molecule has 8 nitrogen and oxygen atoms in total. The third-order valence-electron chi connectivity index (χ3n) is 3.61. The van der Waals surface area contributed by atoms with Crippen LogP contribution in [-0.4, -0.2) is 64.3 Å². The summed E-state index contributed by atoms with van der Waals surface area (Å²) in [5, 5.41) is 3.94. The van der Waals surface area contributed by atoms with Crippen LogP contribution in [-0.2, 0) is 28.6 Å². The first-order valence-corrected chi connectivity index (χ1v) is 9.69. The molecule has 0 aliphatic carbocycles. The van der Waals surface area contributed by atoms with Crippen LogP contribution in [0.1, 0.15) is 27.7 Å². The molecule has 2 fully saturated rings. The molecule has 140 valence electrons. The highest BCUT2D eigenvalue weighted by Gasteiger charge is 2.59. The van der Waals surface area contributed by atoms with Gasteiger partial charge >= 0.3 is 17.9 Å². The fourth-order valence-corrected chi connectivity index (χ4v) is 5.76. The lowest BCUT2D eigenvalue weighted by molar-refractivity contribution is -0.166. The molecule has 0 aromatic heterocycles. The lowest BCUT2D eigenvalue weighted by Gasteiger charge is -2.43. The molecule has 4 unspecified atom stereocenters. The minimum Gasteiger partial charge on any atom is -0.463 e. The summed E-state index contributed by atoms with van der Waals surface area (Å²) in [5.41, 5.74) is 0. The van der Waals surface area contributed by atoms with E-state index in [1.54, 1.807) is 0 Å². The molecule has 10 heteroatoms. The first-order chi connectivity index (χ1) is 11.8. The Morgan fingerprint density at radius 1 is 1.20 bits per heavy atom. The zero-order chi connectivity index (χ0) is 18.6. The van der Waals surface area contributed by atoms with E-state index in [1.807, 2.05) is 6.92 Å². The van der Waals surface area contributed by atoms with E-state index in [-0.39, 0.29) is 12.6 Å². The van der Waals surface area contributed by atoms with Gasteiger partial charge in [-0.25, -0.2) is 0 Å². The summed E-state index contributed by atoms with van der Waals surface area (Å²) in [5.74, 6) is -0.878. The lowest BCUT2D eigenvalue weighted by Crippen LogP contribution is -2.61. The second-order valence-electron chi connectivity index (χ2n) is 5.63. The molecule has 0 spiro atoms. The maximum Gasteiger partial charge on any atom is 0.303 e. The molecule has 2 heterocycles. The number of fused-ring (bicyclic) bond motifs is 1. The van der Waals surface area contributed by atoms with Crippen molar-refractivity contribution in [2.75, 3.05) is 18.9 Å². The zero-order valence-electron chi connectivity index (χ0n) is 14.6. The third kappa shape index (κ3) is 4.81. The van der Waals surface area contributed by atoms with Gasteiger partial charge in [-0.2, -0.15) is 0 Å². The van der Waals surface area contributed by atoms with Gasteiger partial charge in [0.1, 0.15) is 16.8 Å². The highest BCUT2D eigenvalue weighted by atomic mass is 32.2. The molecule has 2 aliphatic rings. The van der Waals surface area contributed by atoms with Crippen LogP contribution in [0, 0.1) is 0 Å². The van der Waals surface area contributed by atoms with Gasteiger partial charge < -0.3 is 19.5 Å². The Morgan fingerprint density at radius 2 is 1.88 bits per heavy atom. The van der Waals surface area contributed by atoms with Crippen molar-refractivity contribution in [1.82, 2.24) is 5.32 Å². The van der Waals surface area contributed by atoms with Gasteiger partial charge in [0.05, 0.1) is 6.04 Å². The van der Waals surface area contributed by atoms with E-state index in [9.17, 15) is 14.4 Å². The molecule has 0 amide bonds. The van der Waals surface area contributed by atoms with Crippen molar-refractivity contribution in [1.29, 1.82) is 0 Å². The van der Waals surface area contributed by atoms with Crippen molar-refractivity contribution in [2.45, 2.75) is 50.0 Å². The molecule has 2 rings (SSSR count). The summed E-state index contributed by atoms with van der Waals surface area (Å²) in [6, 6.07) is -0.408. The summed E-state index contributed by atoms with van der Waals surface area (Å²) in [6.07, 6.45) is -1.29. The maximum atomic E-state index is 11.6. The summed E-state index contributed by atoms with van der Waals surface area (Å²) < 4.78 is 15.5. The third-order valence-corrected chi connectivity index (χ3v) is 6.72. The molecular weight excluding hydrogens is 368 g/mol. The molecule has 0 bridgehead atoms. The minimum absolute atomic E-state index is 0.128. The number of ether oxygens (including phenoxy) is 3. The molecule has 0 radical (unpaired) electrons. The summed E-state index contributed by atoms with van der Waals surface area (Å²) in [6.45, 7) is 6.60. The maximum absolute atomic E-state index is 11.6. The van der Waals surface area contributed by atoms with Gasteiger partial charge in [-0.05, 0) is 6.92 Å². The molecule has 4 atom stereocenters. The van der Waals surface area contributed by atoms with Gasteiger partial charge in [-0.15, -0.1) is 11.8 Å². The van der Waals surface area contributed by atoms with Gasteiger partial charge in [0.15, 0.2) is 11.3 Å². The molecule has 1 N–H and O–H groups in total. The Balaban J connectivity index is 2.32. The van der Waals surface area contributed by atoms with E-state index in [2.05, 4.69) is 10.3 Å². The van der Waals surface area contributed by atoms with E-state index in [0.29, 0.717) is 17.5 Å². The number of thioether (sulfide) groups is 2. The van der Waals surface area contributed by atoms with Gasteiger partial charge in [0.25, 0.3) is 0 Å². The number of nitrogens with zero attached hydrogens (tertiary/aromatic N) is 1. The van der Waals surface area contributed by atoms with Crippen LogP contribution in [0.25, 0.3) is 0 Å². The van der Waals surface area contributed by atoms with Crippen molar-refractivity contribution in [3.8, 4) is 0 Å². The summed E-state index contributed by atoms with van der Waals surface area (Å²) in [4.78, 5) is 38.7. The van der Waals surface area contributed by atoms with Gasteiger partial charge in [-0.1, -0.05) is 11.8 Å². The topological polar surface area (TPSA) is 103 Å². The van der Waals surface area contributed by atoms with Crippen LogP contribution >= 0.6 is 23.5 Å². The first kappa shape index (κ1) is 19.9. The Morgan fingerprint density at radius 3 is 2.44 bits per heavy atom. The van der Waals surface area contributed by atoms with E-state index in [1.165, 1.54) is 44.3 Å². The van der Waals surface area contributed by atoms with Crippen molar-refractivity contribution in [2.24, 2.45) is 4.99 Å². The lowest BCUT2D eigenvalue weighted by atomic mass is 10.0. The predicted octanol–water partition coefficient (Wildman–Crippen LogP) is 0.937. The number of aliphatic imine (C=N–C) groups is 1. The smallest absolute Gasteiger partial charge is 0.303 e. The number of rotatable bonds is 5. The highest BCUT2D eigenvalue weighted by Crippen LogP contribution is 2.51. The Kier molecular flexibility index (Phi) is 6.61. The number of amidine groups is 1. The van der Waals surface area contributed by atoms with Crippen LogP contribution in [0.5, 0.6) is 0 Å². The molecular formula is C15H22N2O6S2. The average molecular weight is 390 g/mol. The Bertz CT molecular complexity index is 584. The van der Waals surface area contributed by atoms with Crippen molar-refractivity contribution in [3.05, 3.63) is 0 Å². The van der Waals surface area contributed by atoms with Gasteiger partial charge in [0.2, 0.25) is 0 Å². The number of nitrogens with one attached hydrogen (secondary N) is 1. The van der Waals surface area contributed by atoms with E-state index in [4.69, 9.17) is 14.2 Å². The first-order valence-electron chi connectivity index (χ1n) is 7.89. The SMILES string of the molecule is CCN=C1NC2C(OC(C)=O)C(OC(C)=O)CSC2(COC(C)=O)S1. The molecule has 0 aromatic carbocycles. The van der Waals surface area contributed by atoms with Gasteiger partial charge in [0, 0.05) is 33.1 Å². The van der Waals surface area contributed by atoms with E-state index < -0.39 is 34.3 Å². The molecule has 0 saturated carbocycles. The van der Waals surface area contributed by atoms with Crippen LogP contribution in [0.4, 0.5) is 0 Å². The monoisotopic (exact) mass is 390 g/mol. The Hall–Kier alpha value is -1.42. The van der Waals surface area contributed by atoms with Crippen molar-refractivity contribution >= 4 is 46.6 Å². The number of hydrogen-bond donors (Lipinski definition) is 1. The predicted molar refractivity (Wildman–Crippen MR) is 95.4 cm³/mol. The van der Waals surface area contributed by atoms with Crippen molar-refractivity contribution < 1.29 is 28.6 Å². The standard InChI is InChI=1S/C15H22N2O6S2/c1-5-16-14-17-13-12(23-10(4)20)11(22-9(3)19)6-24-15(13,25-14)7-21-8(2)18/h11-13H,5-7H2,1-4H3,(H,16,17). The molecule has 2 aliphatic heterocycles. The number of esters is 3. The zero-order valence-corrected chi connectivity index (χ0v) is 16.2. The second kappa shape index (κ2) is 8.31. The minimum atomic E-state index is -0.699. The van der Waals surface area contributed by atoms with Crippen LogP contribution in [0.15, 0.2) is 4.99 Å². The number of hydrogen-bond acceptors (Lipinski definition) is 9. The largest absolute Gasteiger partial charge is 0.463 e. The fourth-order valence-electron chi connectivity index (χ4n) is 2.72. The van der Waals surface area contributed by atoms with Gasteiger partial charge in [-0.3, -0.25) is 19.4 Å². The quantitative estimate of drug-likeness (QED) is 0.542. The van der Waals surface area contributed by atoms with E-state index in [0.717, 1.165) is 0 Å². The normalized spacial score (nSPS) is 32.5. The summed E-state index contributed by atoms with van der Waals surface area (Å²) >= 11 is 2.96. The van der Waals surface area contributed by atoms with Crippen molar-refractivity contribution in [3.63, 3.8) is 0 Å².